The zero-order valence-corrected chi connectivity index (χ0v) is 28.6. The molecule has 2 aliphatic rings. The molecule has 0 aliphatic heterocycles. The van der Waals surface area contributed by atoms with Gasteiger partial charge < -0.3 is 0 Å². The van der Waals surface area contributed by atoms with Crippen LogP contribution in [0.25, 0.3) is 78.6 Å². The second-order valence-electron chi connectivity index (χ2n) is 13.7. The van der Waals surface area contributed by atoms with Crippen LogP contribution in [0.2, 0.25) is 0 Å². The van der Waals surface area contributed by atoms with E-state index in [4.69, 9.17) is 19.9 Å². The van der Waals surface area contributed by atoms with Crippen molar-refractivity contribution < 1.29 is 0 Å². The fraction of sp³-hybridized carbons (Fsp3) is 0.0204. The van der Waals surface area contributed by atoms with Crippen molar-refractivity contribution in [1.29, 1.82) is 0 Å². The maximum absolute atomic E-state index is 5.45. The average Bonchev–Trinajstić information content (AvgIpc) is 3.72. The van der Waals surface area contributed by atoms with Gasteiger partial charge in [-0.25, -0.2) is 19.9 Å². The molecule has 0 saturated carbocycles. The van der Waals surface area contributed by atoms with Crippen LogP contribution in [0.1, 0.15) is 22.3 Å². The van der Waals surface area contributed by atoms with Crippen LogP contribution in [0.3, 0.4) is 0 Å². The lowest BCUT2D eigenvalue weighted by molar-refractivity contribution is 0.801. The van der Waals surface area contributed by atoms with E-state index in [0.29, 0.717) is 17.5 Å². The van der Waals surface area contributed by atoms with Gasteiger partial charge in [0.15, 0.2) is 17.5 Å². The largest absolute Gasteiger partial charge is 0.247 e. The summed E-state index contributed by atoms with van der Waals surface area (Å²) >= 11 is 0. The van der Waals surface area contributed by atoms with E-state index in [2.05, 4.69) is 146 Å². The van der Waals surface area contributed by atoms with Gasteiger partial charge in [-0.15, -0.1) is 0 Å². The minimum Gasteiger partial charge on any atom is -0.247 e. The van der Waals surface area contributed by atoms with Crippen molar-refractivity contribution in [2.75, 3.05) is 0 Å². The molecule has 4 heteroatoms. The van der Waals surface area contributed by atoms with E-state index in [9.17, 15) is 0 Å². The van der Waals surface area contributed by atoms with Crippen molar-refractivity contribution in [3.05, 3.63) is 204 Å². The number of fused-ring (bicyclic) bond motifs is 12. The number of hydrogen-bond acceptors (Lipinski definition) is 4. The van der Waals surface area contributed by atoms with E-state index >= 15 is 0 Å². The third-order valence-electron chi connectivity index (χ3n) is 10.9. The normalized spacial score (nSPS) is 13.1. The van der Waals surface area contributed by atoms with Crippen LogP contribution in [0.4, 0.5) is 0 Å². The van der Waals surface area contributed by atoms with Gasteiger partial charge in [0.2, 0.25) is 0 Å². The van der Waals surface area contributed by atoms with Gasteiger partial charge in [0.05, 0.1) is 16.6 Å². The topological polar surface area (TPSA) is 51.6 Å². The van der Waals surface area contributed by atoms with Crippen LogP contribution >= 0.6 is 0 Å². The van der Waals surface area contributed by atoms with Crippen LogP contribution in [-0.4, -0.2) is 19.9 Å². The Morgan fingerprint density at radius 2 is 0.811 bits per heavy atom. The standard InChI is InChI=1S/C49H30N4/c1-4-16-31(17-5-1)45-43-38-30-34(48-52-46(32-18-6-2-7-19-32)51-47(53-48)33-20-8-3-9-21-33)28-29-41(38)49(44(43)37-24-12-15-27-42(37)50-45)39-25-13-10-22-35(39)36-23-11-14-26-40(36)49/h1-30H. The summed E-state index contributed by atoms with van der Waals surface area (Å²) in [7, 11) is 0. The van der Waals surface area contributed by atoms with Gasteiger partial charge in [-0.3, -0.25) is 0 Å². The molecule has 53 heavy (non-hydrogen) atoms. The van der Waals surface area contributed by atoms with E-state index in [0.717, 1.165) is 50.0 Å². The first-order valence-corrected chi connectivity index (χ1v) is 18.0. The fourth-order valence-electron chi connectivity index (χ4n) is 8.75. The number of para-hydroxylation sites is 1. The van der Waals surface area contributed by atoms with Crippen LogP contribution in [0, 0.1) is 0 Å². The number of rotatable bonds is 4. The molecule has 0 bridgehead atoms. The molecule has 0 saturated heterocycles. The van der Waals surface area contributed by atoms with Gasteiger partial charge in [0.1, 0.15) is 0 Å². The Hall–Kier alpha value is -7.04. The molecule has 2 heterocycles. The van der Waals surface area contributed by atoms with Crippen LogP contribution in [0.5, 0.6) is 0 Å². The molecule has 0 N–H and O–H groups in total. The molecule has 9 aromatic rings. The third-order valence-corrected chi connectivity index (χ3v) is 10.9. The van der Waals surface area contributed by atoms with E-state index < -0.39 is 5.41 Å². The smallest absolute Gasteiger partial charge is 0.164 e. The lowest BCUT2D eigenvalue weighted by atomic mass is 9.69. The van der Waals surface area contributed by atoms with E-state index in [1.165, 1.54) is 33.4 Å². The lowest BCUT2D eigenvalue weighted by Gasteiger charge is -2.31. The highest BCUT2D eigenvalue weighted by atomic mass is 15.0. The summed E-state index contributed by atoms with van der Waals surface area (Å²) in [6, 6.07) is 64.2. The van der Waals surface area contributed by atoms with Gasteiger partial charge in [-0.2, -0.15) is 0 Å². The molecule has 7 aromatic carbocycles. The molecule has 0 unspecified atom stereocenters. The SMILES string of the molecule is c1ccc(-c2nc(-c3ccccc3)nc(-c3ccc4c(c3)-c3c(-c5ccccc5)nc5ccccc5c3C43c4ccccc4-c4ccccc43)n2)cc1. The highest BCUT2D eigenvalue weighted by Crippen LogP contribution is 2.65. The summed E-state index contributed by atoms with van der Waals surface area (Å²) in [6.07, 6.45) is 0. The van der Waals surface area contributed by atoms with Crippen molar-refractivity contribution in [3.8, 4) is 67.7 Å². The summed E-state index contributed by atoms with van der Waals surface area (Å²) in [5.41, 5.74) is 15.2. The highest BCUT2D eigenvalue weighted by Gasteiger charge is 2.53. The summed E-state index contributed by atoms with van der Waals surface area (Å²) in [5, 5.41) is 1.16. The number of aromatic nitrogens is 4. The number of benzene rings is 7. The summed E-state index contributed by atoms with van der Waals surface area (Å²) < 4.78 is 0. The molecule has 2 aliphatic carbocycles. The highest BCUT2D eigenvalue weighted by molar-refractivity contribution is 6.07. The monoisotopic (exact) mass is 674 g/mol. The molecule has 11 rings (SSSR count). The number of nitrogens with zero attached hydrogens (tertiary/aromatic N) is 4. The molecule has 0 atom stereocenters. The Bertz CT molecular complexity index is 2780. The second kappa shape index (κ2) is 11.5. The van der Waals surface area contributed by atoms with Crippen molar-refractivity contribution in [1.82, 2.24) is 19.9 Å². The molecular formula is C49H30N4. The maximum Gasteiger partial charge on any atom is 0.164 e. The Morgan fingerprint density at radius 3 is 1.42 bits per heavy atom. The van der Waals surface area contributed by atoms with Gasteiger partial charge in [0.25, 0.3) is 0 Å². The Kier molecular flexibility index (Phi) is 6.43. The molecular weight excluding hydrogens is 645 g/mol. The second-order valence-corrected chi connectivity index (χ2v) is 13.7. The first-order valence-electron chi connectivity index (χ1n) is 18.0. The molecule has 1 spiro atoms. The minimum absolute atomic E-state index is 0.550. The van der Waals surface area contributed by atoms with Crippen molar-refractivity contribution in [3.63, 3.8) is 0 Å². The van der Waals surface area contributed by atoms with Gasteiger partial charge >= 0.3 is 0 Å². The zero-order chi connectivity index (χ0) is 34.9. The molecule has 0 amide bonds. The first-order chi connectivity index (χ1) is 26.3. The predicted molar refractivity (Wildman–Crippen MR) is 213 cm³/mol. The van der Waals surface area contributed by atoms with E-state index in [-0.39, 0.29) is 0 Å². The Balaban J connectivity index is 1.26. The number of pyridine rings is 1. The number of hydrogen-bond donors (Lipinski definition) is 0. The summed E-state index contributed by atoms with van der Waals surface area (Å²) in [6.45, 7) is 0. The van der Waals surface area contributed by atoms with Crippen LogP contribution < -0.4 is 0 Å². The van der Waals surface area contributed by atoms with Gasteiger partial charge in [0, 0.05) is 33.2 Å². The summed E-state index contributed by atoms with van der Waals surface area (Å²) in [4.78, 5) is 20.7. The lowest BCUT2D eigenvalue weighted by Crippen LogP contribution is -2.26. The average molecular weight is 675 g/mol. The van der Waals surface area contributed by atoms with Crippen LogP contribution in [-0.2, 0) is 5.41 Å². The van der Waals surface area contributed by atoms with Crippen molar-refractivity contribution in [2.45, 2.75) is 5.41 Å². The maximum atomic E-state index is 5.45. The molecule has 246 valence electrons. The fourth-order valence-corrected chi connectivity index (χ4v) is 8.75. The van der Waals surface area contributed by atoms with E-state index in [1.807, 2.05) is 36.4 Å². The predicted octanol–water partition coefficient (Wildman–Crippen LogP) is 11.4. The first kappa shape index (κ1) is 29.7. The van der Waals surface area contributed by atoms with Gasteiger partial charge in [-0.05, 0) is 51.1 Å². The van der Waals surface area contributed by atoms with E-state index in [1.54, 1.807) is 0 Å². The minimum atomic E-state index is -0.550. The molecule has 0 radical (unpaired) electrons. The quantitative estimate of drug-likeness (QED) is 0.186. The van der Waals surface area contributed by atoms with Crippen molar-refractivity contribution in [2.24, 2.45) is 0 Å². The Morgan fingerprint density at radius 1 is 0.340 bits per heavy atom. The van der Waals surface area contributed by atoms with Crippen LogP contribution in [0.15, 0.2) is 182 Å². The molecule has 0 fully saturated rings. The third kappa shape index (κ3) is 4.30. The van der Waals surface area contributed by atoms with Crippen molar-refractivity contribution >= 4 is 10.9 Å². The Labute approximate surface area is 307 Å². The molecule has 4 nitrogen and oxygen atoms in total. The van der Waals surface area contributed by atoms with Gasteiger partial charge in [-0.1, -0.05) is 170 Å². The zero-order valence-electron chi connectivity index (χ0n) is 28.6. The molecule has 2 aromatic heterocycles. The summed E-state index contributed by atoms with van der Waals surface area (Å²) in [5.74, 6) is 1.91.